The van der Waals surface area contributed by atoms with E-state index in [2.05, 4.69) is 0 Å². The SMILES string of the molecule is COc1ccc(/C=C(\C#N)Cc2c(F)c(F)c(F)c(F)c2F)cc1. The molecule has 0 spiro atoms. The number of ether oxygens (including phenoxy) is 1. The van der Waals surface area contributed by atoms with E-state index in [-0.39, 0.29) is 5.57 Å². The van der Waals surface area contributed by atoms with Crippen molar-refractivity contribution in [3.8, 4) is 11.8 Å². The molecule has 0 fully saturated rings. The van der Waals surface area contributed by atoms with Crippen LogP contribution in [0.5, 0.6) is 5.75 Å². The van der Waals surface area contributed by atoms with Gasteiger partial charge in [-0.3, -0.25) is 0 Å². The van der Waals surface area contributed by atoms with Crippen molar-refractivity contribution in [2.45, 2.75) is 6.42 Å². The largest absolute Gasteiger partial charge is 0.497 e. The second kappa shape index (κ2) is 7.13. The summed E-state index contributed by atoms with van der Waals surface area (Å²) in [6.07, 6.45) is 0.561. The molecule has 2 aromatic carbocycles. The fourth-order valence-electron chi connectivity index (χ4n) is 2.02. The van der Waals surface area contributed by atoms with Crippen LogP contribution in [0.2, 0.25) is 0 Å². The van der Waals surface area contributed by atoms with E-state index >= 15 is 0 Å². The molecule has 0 aliphatic heterocycles. The van der Waals surface area contributed by atoms with Gasteiger partial charge in [-0.25, -0.2) is 22.0 Å². The first kappa shape index (κ1) is 17.5. The van der Waals surface area contributed by atoms with E-state index in [1.165, 1.54) is 13.2 Å². The predicted molar refractivity (Wildman–Crippen MR) is 76.5 cm³/mol. The normalized spacial score (nSPS) is 11.3. The summed E-state index contributed by atoms with van der Waals surface area (Å²) in [5.41, 5.74) is -0.702. The Kier molecular flexibility index (Phi) is 5.19. The van der Waals surface area contributed by atoms with E-state index in [4.69, 9.17) is 10.00 Å². The first-order valence-electron chi connectivity index (χ1n) is 6.64. The molecule has 0 saturated heterocycles. The fourth-order valence-corrected chi connectivity index (χ4v) is 2.02. The van der Waals surface area contributed by atoms with Gasteiger partial charge in [0.15, 0.2) is 23.3 Å². The van der Waals surface area contributed by atoms with Crippen molar-refractivity contribution in [3.63, 3.8) is 0 Å². The minimum Gasteiger partial charge on any atom is -0.497 e. The van der Waals surface area contributed by atoms with Gasteiger partial charge in [0, 0.05) is 17.6 Å². The second-order valence-electron chi connectivity index (χ2n) is 4.78. The summed E-state index contributed by atoms with van der Waals surface area (Å²) >= 11 is 0. The van der Waals surface area contributed by atoms with Crippen molar-refractivity contribution >= 4 is 6.08 Å². The molecule has 0 radical (unpaired) electrons. The zero-order valence-corrected chi connectivity index (χ0v) is 12.3. The fraction of sp³-hybridized carbons (Fsp3) is 0.118. The Morgan fingerprint density at radius 3 is 1.92 bits per heavy atom. The lowest BCUT2D eigenvalue weighted by molar-refractivity contribution is 0.371. The third-order valence-electron chi connectivity index (χ3n) is 3.27. The Labute approximate surface area is 134 Å². The lowest BCUT2D eigenvalue weighted by Gasteiger charge is -2.08. The van der Waals surface area contributed by atoms with Crippen LogP contribution in [0, 0.1) is 40.4 Å². The molecule has 0 bridgehead atoms. The standard InChI is InChI=1S/C17H10F5NO/c1-24-11-4-2-9(3-5-11)6-10(8-23)7-12-13(18)15(20)17(22)16(21)14(12)19/h2-6H,7H2,1H3/b10-6-. The molecule has 0 aliphatic rings. The summed E-state index contributed by atoms with van der Waals surface area (Å²) in [5, 5.41) is 9.07. The van der Waals surface area contributed by atoms with Gasteiger partial charge >= 0.3 is 0 Å². The van der Waals surface area contributed by atoms with E-state index in [0.29, 0.717) is 11.3 Å². The molecule has 0 N–H and O–H groups in total. The number of nitriles is 1. The van der Waals surface area contributed by atoms with Crippen LogP contribution in [0.1, 0.15) is 11.1 Å². The van der Waals surface area contributed by atoms with Gasteiger partial charge in [-0.05, 0) is 23.8 Å². The van der Waals surface area contributed by atoms with Crippen LogP contribution in [0.4, 0.5) is 22.0 Å². The first-order valence-corrected chi connectivity index (χ1v) is 6.64. The van der Waals surface area contributed by atoms with Gasteiger partial charge in [-0.15, -0.1) is 0 Å². The first-order chi connectivity index (χ1) is 11.4. The summed E-state index contributed by atoms with van der Waals surface area (Å²) in [4.78, 5) is 0. The van der Waals surface area contributed by atoms with E-state index in [1.807, 2.05) is 0 Å². The van der Waals surface area contributed by atoms with Crippen molar-refractivity contribution in [2.24, 2.45) is 0 Å². The average Bonchev–Trinajstić information content (AvgIpc) is 2.61. The number of rotatable bonds is 4. The van der Waals surface area contributed by atoms with Crippen molar-refractivity contribution < 1.29 is 26.7 Å². The molecule has 0 heterocycles. The second-order valence-corrected chi connectivity index (χ2v) is 4.78. The monoisotopic (exact) mass is 339 g/mol. The highest BCUT2D eigenvalue weighted by atomic mass is 19.2. The number of benzene rings is 2. The average molecular weight is 339 g/mol. The maximum absolute atomic E-state index is 13.7. The number of allylic oxidation sites excluding steroid dienone is 1. The highest BCUT2D eigenvalue weighted by Gasteiger charge is 2.26. The third kappa shape index (κ3) is 3.38. The van der Waals surface area contributed by atoms with Gasteiger partial charge in [0.1, 0.15) is 5.75 Å². The van der Waals surface area contributed by atoms with Crippen LogP contribution < -0.4 is 4.74 Å². The molecule has 7 heteroatoms. The summed E-state index contributed by atoms with van der Waals surface area (Å²) in [7, 11) is 1.47. The van der Waals surface area contributed by atoms with E-state index in [9.17, 15) is 22.0 Å². The Hall–Kier alpha value is -2.88. The summed E-state index contributed by atoms with van der Waals surface area (Å²) < 4.78 is 71.7. The minimum atomic E-state index is -2.23. The molecule has 0 unspecified atom stereocenters. The lowest BCUT2D eigenvalue weighted by Crippen LogP contribution is -2.07. The smallest absolute Gasteiger partial charge is 0.200 e. The molecule has 124 valence electrons. The van der Waals surface area contributed by atoms with Gasteiger partial charge in [0.2, 0.25) is 5.82 Å². The van der Waals surface area contributed by atoms with Gasteiger partial charge in [-0.1, -0.05) is 12.1 Å². The molecule has 24 heavy (non-hydrogen) atoms. The van der Waals surface area contributed by atoms with Crippen molar-refractivity contribution in [1.29, 1.82) is 5.26 Å². The van der Waals surface area contributed by atoms with Crippen LogP contribution >= 0.6 is 0 Å². The number of hydrogen-bond donors (Lipinski definition) is 0. The number of nitrogens with zero attached hydrogens (tertiary/aromatic N) is 1. The Balaban J connectivity index is 2.41. The predicted octanol–water partition coefficient (Wildman–Crippen LogP) is 4.54. The van der Waals surface area contributed by atoms with Crippen LogP contribution in [-0.4, -0.2) is 7.11 Å². The van der Waals surface area contributed by atoms with Crippen LogP contribution in [0.15, 0.2) is 29.8 Å². The maximum Gasteiger partial charge on any atom is 0.200 e. The van der Waals surface area contributed by atoms with Gasteiger partial charge < -0.3 is 4.74 Å². The topological polar surface area (TPSA) is 33.0 Å². The van der Waals surface area contributed by atoms with E-state index in [0.717, 1.165) is 0 Å². The van der Waals surface area contributed by atoms with Gasteiger partial charge in [0.05, 0.1) is 13.2 Å². The van der Waals surface area contributed by atoms with Crippen LogP contribution in [-0.2, 0) is 6.42 Å². The molecule has 2 aromatic rings. The van der Waals surface area contributed by atoms with Crippen molar-refractivity contribution in [1.82, 2.24) is 0 Å². The Morgan fingerprint density at radius 1 is 0.958 bits per heavy atom. The van der Waals surface area contributed by atoms with E-state index in [1.54, 1.807) is 30.3 Å². The Bertz CT molecular complexity index is 809. The lowest BCUT2D eigenvalue weighted by atomic mass is 10.0. The third-order valence-corrected chi connectivity index (χ3v) is 3.27. The molecule has 2 rings (SSSR count). The Morgan fingerprint density at radius 2 is 1.46 bits per heavy atom. The quantitative estimate of drug-likeness (QED) is 0.355. The number of methoxy groups -OCH3 is 1. The minimum absolute atomic E-state index is 0.164. The molecule has 0 aliphatic carbocycles. The zero-order chi connectivity index (χ0) is 17.9. The maximum atomic E-state index is 13.7. The van der Waals surface area contributed by atoms with Crippen molar-refractivity contribution in [3.05, 3.63) is 70.1 Å². The molecular formula is C17H10F5NO. The van der Waals surface area contributed by atoms with Crippen LogP contribution in [0.3, 0.4) is 0 Å². The molecule has 0 aromatic heterocycles. The summed E-state index contributed by atoms with van der Waals surface area (Å²) in [5.74, 6) is -9.63. The number of hydrogen-bond acceptors (Lipinski definition) is 2. The van der Waals surface area contributed by atoms with Crippen molar-refractivity contribution in [2.75, 3.05) is 7.11 Å². The zero-order valence-electron chi connectivity index (χ0n) is 12.3. The van der Waals surface area contributed by atoms with Gasteiger partial charge in [0.25, 0.3) is 0 Å². The molecule has 2 nitrogen and oxygen atoms in total. The molecule has 0 saturated carbocycles. The van der Waals surface area contributed by atoms with Crippen LogP contribution in [0.25, 0.3) is 6.08 Å². The summed E-state index contributed by atoms with van der Waals surface area (Å²) in [6.45, 7) is 0. The molecule has 0 atom stereocenters. The molecular weight excluding hydrogens is 329 g/mol. The highest BCUT2D eigenvalue weighted by molar-refractivity contribution is 5.58. The number of halogens is 5. The van der Waals surface area contributed by atoms with E-state index < -0.39 is 41.1 Å². The van der Waals surface area contributed by atoms with Gasteiger partial charge in [-0.2, -0.15) is 5.26 Å². The highest BCUT2D eigenvalue weighted by Crippen LogP contribution is 2.25. The molecule has 0 amide bonds. The summed E-state index contributed by atoms with van der Waals surface area (Å²) in [6, 6.07) is 8.04.